The third-order valence-electron chi connectivity index (χ3n) is 2.37. The lowest BCUT2D eigenvalue weighted by Crippen LogP contribution is -2.32. The Morgan fingerprint density at radius 2 is 1.81 bits per heavy atom. The van der Waals surface area contributed by atoms with Gasteiger partial charge in [-0.2, -0.15) is 15.0 Å². The van der Waals surface area contributed by atoms with E-state index in [0.717, 1.165) is 13.0 Å². The maximum atomic E-state index is 11.6. The molecule has 0 atom stereocenters. The van der Waals surface area contributed by atoms with Crippen LogP contribution in [0.4, 0.5) is 11.9 Å². The standard InChI is InChI=1S/C12H22N6O3/c1-4-5-14-10-16-11(18-12(17-10)21-3)15-8-9(19)13-6-7-20-2/h4-8H2,1-3H3,(H,13,19)(H2,14,15,16,17,18). The minimum atomic E-state index is -0.172. The van der Waals surface area contributed by atoms with Gasteiger partial charge in [-0.05, 0) is 6.42 Å². The Hall–Kier alpha value is -2.16. The van der Waals surface area contributed by atoms with E-state index >= 15 is 0 Å². The minimum Gasteiger partial charge on any atom is -0.467 e. The second-order valence-corrected chi connectivity index (χ2v) is 4.09. The fraction of sp³-hybridized carbons (Fsp3) is 0.667. The maximum Gasteiger partial charge on any atom is 0.322 e. The average molecular weight is 298 g/mol. The number of hydrogen-bond acceptors (Lipinski definition) is 8. The summed E-state index contributed by atoms with van der Waals surface area (Å²) >= 11 is 0. The number of nitrogens with one attached hydrogen (secondary N) is 3. The van der Waals surface area contributed by atoms with Gasteiger partial charge < -0.3 is 25.4 Å². The molecule has 1 aromatic rings. The fourth-order valence-corrected chi connectivity index (χ4v) is 1.36. The van der Waals surface area contributed by atoms with Crippen LogP contribution in [0.1, 0.15) is 13.3 Å². The van der Waals surface area contributed by atoms with Gasteiger partial charge in [0, 0.05) is 20.2 Å². The molecule has 0 saturated heterocycles. The first kappa shape index (κ1) is 16.9. The van der Waals surface area contributed by atoms with Crippen molar-refractivity contribution in [2.75, 3.05) is 51.1 Å². The monoisotopic (exact) mass is 298 g/mol. The van der Waals surface area contributed by atoms with Gasteiger partial charge in [0.15, 0.2) is 0 Å². The third kappa shape index (κ3) is 6.70. The number of rotatable bonds is 10. The highest BCUT2D eigenvalue weighted by Gasteiger charge is 2.08. The normalized spacial score (nSPS) is 10.0. The van der Waals surface area contributed by atoms with Gasteiger partial charge in [-0.1, -0.05) is 6.92 Å². The predicted molar refractivity (Wildman–Crippen MR) is 78.5 cm³/mol. The smallest absolute Gasteiger partial charge is 0.322 e. The van der Waals surface area contributed by atoms with E-state index in [-0.39, 0.29) is 24.4 Å². The highest BCUT2D eigenvalue weighted by Crippen LogP contribution is 2.10. The summed E-state index contributed by atoms with van der Waals surface area (Å²) in [5.74, 6) is 0.517. The molecule has 1 aromatic heterocycles. The van der Waals surface area contributed by atoms with E-state index in [1.165, 1.54) is 7.11 Å². The Bertz CT molecular complexity index is 443. The van der Waals surface area contributed by atoms with Crippen LogP contribution >= 0.6 is 0 Å². The number of methoxy groups -OCH3 is 2. The van der Waals surface area contributed by atoms with Crippen LogP contribution in [0.3, 0.4) is 0 Å². The van der Waals surface area contributed by atoms with E-state index in [1.54, 1.807) is 7.11 Å². The first-order valence-corrected chi connectivity index (χ1v) is 6.73. The SMILES string of the molecule is CCCNc1nc(NCC(=O)NCCOC)nc(OC)n1. The minimum absolute atomic E-state index is 0.0596. The van der Waals surface area contributed by atoms with E-state index in [4.69, 9.17) is 9.47 Å². The van der Waals surface area contributed by atoms with E-state index in [1.807, 2.05) is 6.92 Å². The summed E-state index contributed by atoms with van der Waals surface area (Å²) in [6.45, 7) is 3.76. The van der Waals surface area contributed by atoms with Crippen LogP contribution < -0.4 is 20.7 Å². The maximum absolute atomic E-state index is 11.6. The number of nitrogens with zero attached hydrogens (tertiary/aromatic N) is 3. The lowest BCUT2D eigenvalue weighted by Gasteiger charge is -2.09. The number of amides is 1. The molecular formula is C12H22N6O3. The number of carbonyl (C=O) groups excluding carboxylic acids is 1. The van der Waals surface area contributed by atoms with Crippen molar-refractivity contribution in [1.82, 2.24) is 20.3 Å². The molecule has 0 aliphatic carbocycles. The van der Waals surface area contributed by atoms with Crippen LogP contribution in [0.2, 0.25) is 0 Å². The molecule has 9 nitrogen and oxygen atoms in total. The van der Waals surface area contributed by atoms with Gasteiger partial charge in [-0.25, -0.2) is 0 Å². The highest BCUT2D eigenvalue weighted by molar-refractivity contribution is 5.80. The molecule has 3 N–H and O–H groups in total. The zero-order valence-electron chi connectivity index (χ0n) is 12.6. The highest BCUT2D eigenvalue weighted by atomic mass is 16.5. The summed E-state index contributed by atoms with van der Waals surface area (Å²) in [4.78, 5) is 23.8. The Balaban J connectivity index is 2.54. The summed E-state index contributed by atoms with van der Waals surface area (Å²) in [6.07, 6.45) is 0.943. The van der Waals surface area contributed by atoms with E-state index in [9.17, 15) is 4.79 Å². The molecule has 1 rings (SSSR count). The molecule has 9 heteroatoms. The molecule has 0 radical (unpaired) electrons. The second-order valence-electron chi connectivity index (χ2n) is 4.09. The van der Waals surface area contributed by atoms with Crippen molar-refractivity contribution >= 4 is 17.8 Å². The van der Waals surface area contributed by atoms with Gasteiger partial charge in [0.1, 0.15) is 0 Å². The summed E-state index contributed by atoms with van der Waals surface area (Å²) < 4.78 is 9.85. The summed E-state index contributed by atoms with van der Waals surface area (Å²) in [5.41, 5.74) is 0. The molecule has 1 heterocycles. The fourth-order valence-electron chi connectivity index (χ4n) is 1.36. The van der Waals surface area contributed by atoms with Gasteiger partial charge in [0.25, 0.3) is 0 Å². The largest absolute Gasteiger partial charge is 0.467 e. The Morgan fingerprint density at radius 1 is 1.10 bits per heavy atom. The summed E-state index contributed by atoms with van der Waals surface area (Å²) in [6, 6.07) is 0.186. The van der Waals surface area contributed by atoms with Crippen molar-refractivity contribution < 1.29 is 14.3 Å². The second kappa shape index (κ2) is 9.70. The van der Waals surface area contributed by atoms with Crippen LogP contribution in [-0.4, -0.2) is 61.3 Å². The van der Waals surface area contributed by atoms with Gasteiger partial charge in [0.2, 0.25) is 17.8 Å². The Kier molecular flexibility index (Phi) is 7.80. The molecule has 0 unspecified atom stereocenters. The molecule has 0 fully saturated rings. The van der Waals surface area contributed by atoms with Gasteiger partial charge >= 0.3 is 6.01 Å². The van der Waals surface area contributed by atoms with Crippen molar-refractivity contribution in [2.45, 2.75) is 13.3 Å². The van der Waals surface area contributed by atoms with E-state index < -0.39 is 0 Å². The first-order chi connectivity index (χ1) is 10.2. The lowest BCUT2D eigenvalue weighted by molar-refractivity contribution is -0.119. The van der Waals surface area contributed by atoms with Crippen molar-refractivity contribution in [1.29, 1.82) is 0 Å². The van der Waals surface area contributed by atoms with Gasteiger partial charge in [-0.15, -0.1) is 0 Å². The summed E-state index contributed by atoms with van der Waals surface area (Å²) in [7, 11) is 3.05. The van der Waals surface area contributed by atoms with Crippen LogP contribution in [0.15, 0.2) is 0 Å². The number of anilines is 2. The van der Waals surface area contributed by atoms with E-state index in [2.05, 4.69) is 30.9 Å². The molecule has 0 saturated carbocycles. The van der Waals surface area contributed by atoms with Crippen LogP contribution in [0.5, 0.6) is 6.01 Å². The molecule has 0 aromatic carbocycles. The molecule has 1 amide bonds. The lowest BCUT2D eigenvalue weighted by atomic mass is 10.5. The molecular weight excluding hydrogens is 276 g/mol. The first-order valence-electron chi connectivity index (χ1n) is 6.73. The molecule has 0 aliphatic rings. The summed E-state index contributed by atoms with van der Waals surface area (Å²) in [5, 5.41) is 8.55. The molecule has 0 bridgehead atoms. The van der Waals surface area contributed by atoms with Crippen molar-refractivity contribution in [3.63, 3.8) is 0 Å². The van der Waals surface area contributed by atoms with Crippen molar-refractivity contribution in [2.24, 2.45) is 0 Å². The van der Waals surface area contributed by atoms with Crippen LogP contribution in [0, 0.1) is 0 Å². The third-order valence-corrected chi connectivity index (χ3v) is 2.37. The Morgan fingerprint density at radius 3 is 2.43 bits per heavy atom. The predicted octanol–water partition coefficient (Wildman–Crippen LogP) is -0.123. The average Bonchev–Trinajstić information content (AvgIpc) is 2.51. The molecule has 0 spiro atoms. The number of hydrogen-bond donors (Lipinski definition) is 3. The quantitative estimate of drug-likeness (QED) is 0.513. The van der Waals surface area contributed by atoms with Crippen molar-refractivity contribution in [3.05, 3.63) is 0 Å². The topological polar surface area (TPSA) is 110 Å². The molecule has 21 heavy (non-hydrogen) atoms. The Labute approximate surface area is 123 Å². The zero-order valence-corrected chi connectivity index (χ0v) is 12.6. The van der Waals surface area contributed by atoms with Crippen molar-refractivity contribution in [3.8, 4) is 6.01 Å². The zero-order chi connectivity index (χ0) is 15.5. The van der Waals surface area contributed by atoms with Gasteiger partial charge in [-0.3, -0.25) is 4.79 Å². The molecule has 0 aliphatic heterocycles. The number of carbonyl (C=O) groups is 1. The molecule has 118 valence electrons. The number of ether oxygens (including phenoxy) is 2. The number of aromatic nitrogens is 3. The van der Waals surface area contributed by atoms with Crippen LogP contribution in [0.25, 0.3) is 0 Å². The van der Waals surface area contributed by atoms with E-state index in [0.29, 0.717) is 19.1 Å². The van der Waals surface area contributed by atoms with Gasteiger partial charge in [0.05, 0.1) is 20.3 Å². The van der Waals surface area contributed by atoms with Crippen LogP contribution in [-0.2, 0) is 9.53 Å².